The number of nitrogens with zero attached hydrogens (tertiary/aromatic N) is 4. The van der Waals surface area contributed by atoms with Crippen molar-refractivity contribution >= 4 is 0 Å². The molecule has 0 aromatic carbocycles. The second-order valence-corrected chi connectivity index (χ2v) is 5.75. The summed E-state index contributed by atoms with van der Waals surface area (Å²) < 4.78 is 2.24. The van der Waals surface area contributed by atoms with E-state index >= 15 is 0 Å². The average molecular weight is 279 g/mol. The Kier molecular flexibility index (Phi) is 6.50. The normalized spacial score (nSPS) is 17.7. The molecule has 5 heteroatoms. The van der Waals surface area contributed by atoms with Gasteiger partial charge in [0.05, 0.1) is 12.0 Å². The molecule has 2 heterocycles. The first-order valence-electron chi connectivity index (χ1n) is 7.90. The van der Waals surface area contributed by atoms with Crippen LogP contribution in [0, 0.1) is 0 Å². The van der Waals surface area contributed by atoms with Crippen LogP contribution in [-0.4, -0.2) is 65.7 Å². The van der Waals surface area contributed by atoms with Crippen molar-refractivity contribution in [3.63, 3.8) is 0 Å². The molecule has 0 atom stereocenters. The van der Waals surface area contributed by atoms with Crippen molar-refractivity contribution in [2.24, 2.45) is 0 Å². The van der Waals surface area contributed by atoms with Crippen molar-refractivity contribution in [3.8, 4) is 0 Å². The zero-order chi connectivity index (χ0) is 14.2. The molecule has 20 heavy (non-hydrogen) atoms. The van der Waals surface area contributed by atoms with Gasteiger partial charge in [0, 0.05) is 45.5 Å². The molecule has 0 bridgehead atoms. The lowest BCUT2D eigenvalue weighted by atomic mass is 10.3. The van der Waals surface area contributed by atoms with E-state index in [1.807, 2.05) is 12.5 Å². The highest BCUT2D eigenvalue weighted by Crippen LogP contribution is 2.01. The third-order valence-electron chi connectivity index (χ3n) is 3.99. The molecular weight excluding hydrogens is 250 g/mol. The molecule has 0 saturated carbocycles. The molecule has 1 aliphatic heterocycles. The van der Waals surface area contributed by atoms with Crippen molar-refractivity contribution in [1.82, 2.24) is 24.7 Å². The Labute approximate surface area is 123 Å². The average Bonchev–Trinajstić information content (AvgIpc) is 2.88. The maximum Gasteiger partial charge on any atom is 0.0948 e. The molecule has 0 unspecified atom stereocenters. The number of likely N-dealkylation sites (N-methyl/N-ethyl adjacent to an activating group) is 1. The van der Waals surface area contributed by atoms with Crippen molar-refractivity contribution in [2.45, 2.75) is 32.9 Å². The van der Waals surface area contributed by atoms with Crippen LogP contribution in [0.2, 0.25) is 0 Å². The Morgan fingerprint density at radius 2 is 2.00 bits per heavy atom. The minimum absolute atomic E-state index is 0.933. The number of hydrogen-bond acceptors (Lipinski definition) is 4. The van der Waals surface area contributed by atoms with E-state index in [-0.39, 0.29) is 0 Å². The quantitative estimate of drug-likeness (QED) is 0.721. The molecule has 0 spiro atoms. The monoisotopic (exact) mass is 279 g/mol. The van der Waals surface area contributed by atoms with Gasteiger partial charge in [-0.2, -0.15) is 0 Å². The van der Waals surface area contributed by atoms with E-state index < -0.39 is 0 Å². The highest BCUT2D eigenvalue weighted by molar-refractivity contribution is 4.97. The number of hydrogen-bond donors (Lipinski definition) is 1. The van der Waals surface area contributed by atoms with E-state index in [1.165, 1.54) is 44.8 Å². The number of nitrogens with one attached hydrogen (secondary N) is 1. The highest BCUT2D eigenvalue weighted by atomic mass is 15.2. The van der Waals surface area contributed by atoms with E-state index in [2.05, 4.69) is 38.6 Å². The summed E-state index contributed by atoms with van der Waals surface area (Å²) >= 11 is 0. The molecule has 0 radical (unpaired) electrons. The molecule has 5 nitrogen and oxygen atoms in total. The molecule has 1 aromatic rings. The fraction of sp³-hybridized carbons (Fsp3) is 0.800. The van der Waals surface area contributed by atoms with Crippen LogP contribution in [0.25, 0.3) is 0 Å². The Morgan fingerprint density at radius 3 is 2.75 bits per heavy atom. The molecular formula is C15H29N5. The summed E-state index contributed by atoms with van der Waals surface area (Å²) in [5, 5.41) is 3.54. The molecule has 0 aliphatic carbocycles. The summed E-state index contributed by atoms with van der Waals surface area (Å²) in [7, 11) is 2.21. The predicted molar refractivity (Wildman–Crippen MR) is 82.8 cm³/mol. The van der Waals surface area contributed by atoms with Gasteiger partial charge < -0.3 is 19.7 Å². The summed E-state index contributed by atoms with van der Waals surface area (Å²) in [4.78, 5) is 9.21. The Bertz CT molecular complexity index is 368. The number of aromatic nitrogens is 2. The predicted octanol–water partition coefficient (Wildman–Crippen LogP) is 1.02. The number of aryl methyl sites for hydroxylation is 1. The minimum Gasteiger partial charge on any atom is -0.333 e. The van der Waals surface area contributed by atoms with Crippen LogP contribution in [0.3, 0.4) is 0 Å². The maximum absolute atomic E-state index is 4.23. The Morgan fingerprint density at radius 1 is 1.20 bits per heavy atom. The topological polar surface area (TPSA) is 36.3 Å². The Balaban J connectivity index is 1.56. The zero-order valence-corrected chi connectivity index (χ0v) is 13.0. The van der Waals surface area contributed by atoms with Crippen LogP contribution in [0.1, 0.15) is 25.5 Å². The van der Waals surface area contributed by atoms with Crippen molar-refractivity contribution in [2.75, 3.05) is 46.3 Å². The lowest BCUT2D eigenvalue weighted by Gasteiger charge is -2.32. The van der Waals surface area contributed by atoms with E-state index in [1.54, 1.807) is 0 Å². The Hall–Kier alpha value is -0.910. The van der Waals surface area contributed by atoms with Gasteiger partial charge in [-0.3, -0.25) is 0 Å². The number of piperazine rings is 1. The van der Waals surface area contributed by atoms with Gasteiger partial charge in [0.2, 0.25) is 0 Å². The summed E-state index contributed by atoms with van der Waals surface area (Å²) in [5.74, 6) is 0. The van der Waals surface area contributed by atoms with Crippen molar-refractivity contribution in [1.29, 1.82) is 0 Å². The molecule has 0 amide bonds. The fourth-order valence-electron chi connectivity index (χ4n) is 2.65. The van der Waals surface area contributed by atoms with Gasteiger partial charge in [-0.1, -0.05) is 6.92 Å². The maximum atomic E-state index is 4.23. The highest BCUT2D eigenvalue weighted by Gasteiger charge is 2.12. The smallest absolute Gasteiger partial charge is 0.0948 e. The third-order valence-corrected chi connectivity index (χ3v) is 3.99. The standard InChI is InChI=1S/C15H29N5/c1-3-6-20-14-17-13-15(20)12-16-5-4-7-19-10-8-18(2)9-11-19/h13-14,16H,3-12H2,1-2H3. The van der Waals surface area contributed by atoms with E-state index in [0.717, 1.165) is 26.1 Å². The first kappa shape index (κ1) is 15.5. The summed E-state index contributed by atoms with van der Waals surface area (Å²) in [6, 6.07) is 0. The second kappa shape index (κ2) is 8.39. The molecule has 1 saturated heterocycles. The lowest BCUT2D eigenvalue weighted by molar-refractivity contribution is 0.152. The lowest BCUT2D eigenvalue weighted by Crippen LogP contribution is -2.45. The molecule has 1 aromatic heterocycles. The van der Waals surface area contributed by atoms with Gasteiger partial charge in [0.15, 0.2) is 0 Å². The van der Waals surface area contributed by atoms with Crippen LogP contribution in [0.5, 0.6) is 0 Å². The van der Waals surface area contributed by atoms with E-state index in [9.17, 15) is 0 Å². The van der Waals surface area contributed by atoms with Crippen LogP contribution in [0.15, 0.2) is 12.5 Å². The summed E-state index contributed by atoms with van der Waals surface area (Å²) in [6.07, 6.45) is 6.30. The van der Waals surface area contributed by atoms with Crippen LogP contribution in [-0.2, 0) is 13.1 Å². The summed E-state index contributed by atoms with van der Waals surface area (Å²) in [5.41, 5.74) is 1.30. The van der Waals surface area contributed by atoms with Gasteiger partial charge in [0.25, 0.3) is 0 Å². The van der Waals surface area contributed by atoms with E-state index in [4.69, 9.17) is 0 Å². The van der Waals surface area contributed by atoms with Crippen LogP contribution >= 0.6 is 0 Å². The van der Waals surface area contributed by atoms with Crippen LogP contribution in [0.4, 0.5) is 0 Å². The SMILES string of the molecule is CCCn1cncc1CNCCCN1CCN(C)CC1. The molecule has 114 valence electrons. The zero-order valence-electron chi connectivity index (χ0n) is 13.0. The number of rotatable bonds is 8. The van der Waals surface area contributed by atoms with Crippen LogP contribution < -0.4 is 5.32 Å². The fourth-order valence-corrected chi connectivity index (χ4v) is 2.65. The first-order valence-corrected chi connectivity index (χ1v) is 7.90. The molecule has 1 aliphatic rings. The van der Waals surface area contributed by atoms with Gasteiger partial charge in [-0.15, -0.1) is 0 Å². The molecule has 1 fully saturated rings. The molecule has 2 rings (SSSR count). The van der Waals surface area contributed by atoms with Crippen molar-refractivity contribution in [3.05, 3.63) is 18.2 Å². The van der Waals surface area contributed by atoms with Gasteiger partial charge in [-0.05, 0) is 33.0 Å². The largest absolute Gasteiger partial charge is 0.333 e. The van der Waals surface area contributed by atoms with Gasteiger partial charge >= 0.3 is 0 Å². The molecule has 1 N–H and O–H groups in total. The first-order chi connectivity index (χ1) is 9.79. The third kappa shape index (κ3) is 4.89. The minimum atomic E-state index is 0.933. The number of imidazole rings is 1. The van der Waals surface area contributed by atoms with Crippen molar-refractivity contribution < 1.29 is 0 Å². The summed E-state index contributed by atoms with van der Waals surface area (Å²) in [6.45, 7) is 11.4. The second-order valence-electron chi connectivity index (χ2n) is 5.75. The van der Waals surface area contributed by atoms with Gasteiger partial charge in [0.1, 0.15) is 0 Å². The van der Waals surface area contributed by atoms with Gasteiger partial charge in [-0.25, -0.2) is 4.98 Å². The van der Waals surface area contributed by atoms with E-state index in [0.29, 0.717) is 0 Å².